The number of benzene rings is 3. The normalized spacial score (nSPS) is 10.7. The molecule has 2 amide bonds. The van der Waals surface area contributed by atoms with E-state index in [9.17, 15) is 4.79 Å². The minimum absolute atomic E-state index is 0.364. The van der Waals surface area contributed by atoms with Crippen molar-refractivity contribution in [3.05, 3.63) is 90.0 Å². The Morgan fingerprint density at radius 2 is 1.70 bits per heavy atom. The molecule has 5 rings (SSSR count). The van der Waals surface area contributed by atoms with Crippen molar-refractivity contribution < 1.29 is 4.79 Å². The average molecular weight is 450 g/mol. The van der Waals surface area contributed by atoms with Crippen molar-refractivity contribution in [3.8, 4) is 27.2 Å². The molecule has 0 bridgehead atoms. The van der Waals surface area contributed by atoms with Crippen LogP contribution in [0.25, 0.3) is 32.2 Å². The summed E-state index contributed by atoms with van der Waals surface area (Å²) in [5, 5.41) is 14.5. The number of hydrogen-bond donors (Lipinski definition) is 3. The fourth-order valence-corrected chi connectivity index (χ4v) is 4.55. The molecule has 5 aromatic rings. The predicted octanol–water partition coefficient (Wildman–Crippen LogP) is 6.78. The molecule has 0 saturated carbocycles. The quantitative estimate of drug-likeness (QED) is 0.282. The van der Waals surface area contributed by atoms with E-state index in [1.807, 2.05) is 36.4 Å². The molecule has 3 aromatic carbocycles. The lowest BCUT2D eigenvalue weighted by atomic mass is 10.2. The highest BCUT2D eigenvalue weighted by Crippen LogP contribution is 2.34. The van der Waals surface area contributed by atoms with E-state index in [0.29, 0.717) is 16.9 Å². The van der Waals surface area contributed by atoms with Crippen LogP contribution in [0.1, 0.15) is 11.1 Å². The van der Waals surface area contributed by atoms with Crippen LogP contribution in [0.5, 0.6) is 0 Å². The van der Waals surface area contributed by atoms with Crippen molar-refractivity contribution >= 4 is 39.8 Å². The van der Waals surface area contributed by atoms with Crippen molar-refractivity contribution in [2.24, 2.45) is 0 Å². The summed E-state index contributed by atoms with van der Waals surface area (Å²) < 4.78 is 0. The van der Waals surface area contributed by atoms with Crippen LogP contribution >= 0.6 is 11.3 Å². The molecule has 2 heterocycles. The first-order chi connectivity index (χ1) is 16.1. The molecule has 7 heteroatoms. The van der Waals surface area contributed by atoms with Crippen molar-refractivity contribution in [3.63, 3.8) is 0 Å². The number of urea groups is 1. The van der Waals surface area contributed by atoms with Crippen molar-refractivity contribution in [2.45, 2.75) is 6.92 Å². The number of hydrogen-bond acceptors (Lipinski definition) is 4. The number of imidazole rings is 1. The third-order valence-corrected chi connectivity index (χ3v) is 6.37. The zero-order valence-corrected chi connectivity index (χ0v) is 18.5. The molecule has 3 N–H and O–H groups in total. The van der Waals surface area contributed by atoms with Gasteiger partial charge >= 0.3 is 6.03 Å². The lowest BCUT2D eigenvalue weighted by Crippen LogP contribution is -2.19. The summed E-state index contributed by atoms with van der Waals surface area (Å²) in [6, 6.07) is 26.4. The van der Waals surface area contributed by atoms with Crippen LogP contribution in [-0.2, 0) is 0 Å². The van der Waals surface area contributed by atoms with E-state index in [1.165, 1.54) is 0 Å². The molecule has 2 aromatic heterocycles. The van der Waals surface area contributed by atoms with E-state index in [0.717, 1.165) is 37.7 Å². The maximum Gasteiger partial charge on any atom is 0.323 e. The molecule has 0 aliphatic rings. The molecule has 6 nitrogen and oxygen atoms in total. The van der Waals surface area contributed by atoms with Gasteiger partial charge in [0.1, 0.15) is 5.82 Å². The summed E-state index contributed by atoms with van der Waals surface area (Å²) in [5.41, 5.74) is 5.98. The monoisotopic (exact) mass is 449 g/mol. The average Bonchev–Trinajstić information content (AvgIpc) is 3.48. The minimum Gasteiger partial charge on any atom is -0.337 e. The smallest absolute Gasteiger partial charge is 0.323 e. The van der Waals surface area contributed by atoms with Gasteiger partial charge in [-0.25, -0.2) is 9.78 Å². The molecule has 160 valence electrons. The number of amides is 2. The Labute approximate surface area is 194 Å². The Morgan fingerprint density at radius 1 is 0.939 bits per heavy atom. The SMILES string of the molecule is Cc1cccc2[nH]c(-c3ccc(-c4ccc(NC(=O)Nc5cccc(C#N)c5)cc4)s3)nc12. The Morgan fingerprint density at radius 3 is 2.48 bits per heavy atom. The van der Waals surface area contributed by atoms with Gasteiger partial charge in [-0.05, 0) is 66.6 Å². The summed E-state index contributed by atoms with van der Waals surface area (Å²) in [5.74, 6) is 0.867. The highest BCUT2D eigenvalue weighted by Gasteiger charge is 2.11. The number of fused-ring (bicyclic) bond motifs is 1. The summed E-state index contributed by atoms with van der Waals surface area (Å²) in [6.07, 6.45) is 0. The number of nitrogens with zero attached hydrogens (tertiary/aromatic N) is 2. The van der Waals surface area contributed by atoms with E-state index in [4.69, 9.17) is 10.2 Å². The van der Waals surface area contributed by atoms with Crippen LogP contribution in [0.4, 0.5) is 16.2 Å². The first kappa shape index (κ1) is 20.5. The van der Waals surface area contributed by atoms with Crippen molar-refractivity contribution in [1.82, 2.24) is 9.97 Å². The molecule has 0 radical (unpaired) electrons. The van der Waals surface area contributed by atoms with E-state index >= 15 is 0 Å². The highest BCUT2D eigenvalue weighted by atomic mass is 32.1. The van der Waals surface area contributed by atoms with Crippen LogP contribution in [-0.4, -0.2) is 16.0 Å². The van der Waals surface area contributed by atoms with E-state index in [-0.39, 0.29) is 6.03 Å². The van der Waals surface area contributed by atoms with Crippen molar-refractivity contribution in [1.29, 1.82) is 5.26 Å². The fraction of sp³-hybridized carbons (Fsp3) is 0.0385. The van der Waals surface area contributed by atoms with Gasteiger partial charge in [0, 0.05) is 16.3 Å². The van der Waals surface area contributed by atoms with Gasteiger partial charge in [0.05, 0.1) is 27.5 Å². The number of rotatable bonds is 4. The molecule has 0 aliphatic carbocycles. The molecule has 0 aliphatic heterocycles. The molecule has 0 spiro atoms. The number of nitriles is 1. The highest BCUT2D eigenvalue weighted by molar-refractivity contribution is 7.18. The van der Waals surface area contributed by atoms with Gasteiger partial charge in [-0.3, -0.25) is 0 Å². The Hall–Kier alpha value is -4.41. The van der Waals surface area contributed by atoms with Crippen LogP contribution < -0.4 is 10.6 Å². The Bertz CT molecular complexity index is 1510. The number of nitrogens with one attached hydrogen (secondary N) is 3. The van der Waals surface area contributed by atoms with Crippen LogP contribution in [0.15, 0.2) is 78.9 Å². The molecular formula is C26H19N5OS. The fourth-order valence-electron chi connectivity index (χ4n) is 3.59. The molecule has 0 unspecified atom stereocenters. The largest absolute Gasteiger partial charge is 0.337 e. The zero-order chi connectivity index (χ0) is 22.8. The van der Waals surface area contributed by atoms with Gasteiger partial charge < -0.3 is 15.6 Å². The molecule has 33 heavy (non-hydrogen) atoms. The number of aromatic nitrogens is 2. The number of aromatic amines is 1. The lowest BCUT2D eigenvalue weighted by molar-refractivity contribution is 0.262. The number of H-pyrrole nitrogens is 1. The van der Waals surface area contributed by atoms with Gasteiger partial charge in [-0.2, -0.15) is 5.26 Å². The summed E-state index contributed by atoms with van der Waals surface area (Å²) >= 11 is 1.67. The molecular weight excluding hydrogens is 430 g/mol. The number of aryl methyl sites for hydroxylation is 1. The third kappa shape index (κ3) is 4.33. The number of para-hydroxylation sites is 1. The van der Waals surface area contributed by atoms with Crippen LogP contribution in [0, 0.1) is 18.3 Å². The number of carbonyl (C=O) groups excluding carboxylic acids is 1. The third-order valence-electron chi connectivity index (χ3n) is 5.23. The van der Waals surface area contributed by atoms with Gasteiger partial charge in [-0.15, -0.1) is 11.3 Å². The van der Waals surface area contributed by atoms with E-state index < -0.39 is 0 Å². The minimum atomic E-state index is -0.364. The zero-order valence-electron chi connectivity index (χ0n) is 17.7. The first-order valence-corrected chi connectivity index (χ1v) is 11.1. The predicted molar refractivity (Wildman–Crippen MR) is 133 cm³/mol. The maximum absolute atomic E-state index is 12.3. The summed E-state index contributed by atoms with van der Waals surface area (Å²) in [6.45, 7) is 2.06. The van der Waals surface area contributed by atoms with Crippen molar-refractivity contribution in [2.75, 3.05) is 10.6 Å². The number of thiophene rings is 1. The van der Waals surface area contributed by atoms with Gasteiger partial charge in [0.15, 0.2) is 0 Å². The summed E-state index contributed by atoms with van der Waals surface area (Å²) in [4.78, 5) is 22.6. The maximum atomic E-state index is 12.3. The molecule has 0 atom stereocenters. The van der Waals surface area contributed by atoms with Gasteiger partial charge in [-0.1, -0.05) is 30.3 Å². The second-order valence-corrected chi connectivity index (χ2v) is 8.65. The first-order valence-electron chi connectivity index (χ1n) is 10.3. The Balaban J connectivity index is 1.28. The number of anilines is 2. The standard InChI is InChI=1S/C26H19N5OS/c1-16-4-2-7-21-24(16)31-25(30-21)23-13-12-22(33-23)18-8-10-19(11-9-18)28-26(32)29-20-6-3-5-17(14-20)15-27/h2-14H,1H3,(H,30,31)(H2,28,29,32). The topological polar surface area (TPSA) is 93.6 Å². The second kappa shape index (κ2) is 8.61. The number of carbonyl (C=O) groups is 1. The Kier molecular flexibility index (Phi) is 5.35. The second-order valence-electron chi connectivity index (χ2n) is 7.57. The van der Waals surface area contributed by atoms with Gasteiger partial charge in [0.25, 0.3) is 0 Å². The van der Waals surface area contributed by atoms with Gasteiger partial charge in [0.2, 0.25) is 0 Å². The summed E-state index contributed by atoms with van der Waals surface area (Å²) in [7, 11) is 0. The lowest BCUT2D eigenvalue weighted by Gasteiger charge is -2.08. The molecule has 0 fully saturated rings. The van der Waals surface area contributed by atoms with Crippen LogP contribution in [0.3, 0.4) is 0 Å². The van der Waals surface area contributed by atoms with E-state index in [2.05, 4.69) is 46.8 Å². The molecule has 0 saturated heterocycles. The van der Waals surface area contributed by atoms with E-state index in [1.54, 1.807) is 35.6 Å². The van der Waals surface area contributed by atoms with Crippen LogP contribution in [0.2, 0.25) is 0 Å².